The lowest BCUT2D eigenvalue weighted by atomic mass is 9.96. The first-order valence-corrected chi connectivity index (χ1v) is 7.71. The fourth-order valence-electron chi connectivity index (χ4n) is 2.49. The molecule has 3 heteroatoms. The molecular formula is C14H24N2S. The van der Waals surface area contributed by atoms with E-state index in [2.05, 4.69) is 40.9 Å². The van der Waals surface area contributed by atoms with Gasteiger partial charge in [0, 0.05) is 6.04 Å². The summed E-state index contributed by atoms with van der Waals surface area (Å²) in [5.41, 5.74) is 1.43. The smallest absolute Gasteiger partial charge is 0.0300 e. The Labute approximate surface area is 109 Å². The summed E-state index contributed by atoms with van der Waals surface area (Å²) in [4.78, 5) is 2.55. The lowest BCUT2D eigenvalue weighted by molar-refractivity contribution is 0.188. The van der Waals surface area contributed by atoms with E-state index in [0.717, 1.165) is 5.92 Å². The standard InChI is InChI=1S/C14H24N2S/c1-3-16-7-4-13(5-8-16)10-15-12(2)14-6-9-17-11-14/h6,9,11-13,15H,3-5,7-8,10H2,1-2H3. The zero-order valence-corrected chi connectivity index (χ0v) is 11.8. The molecule has 0 bridgehead atoms. The molecule has 0 radical (unpaired) electrons. The molecule has 0 aliphatic carbocycles. The van der Waals surface area contributed by atoms with Gasteiger partial charge in [0.15, 0.2) is 0 Å². The monoisotopic (exact) mass is 252 g/mol. The van der Waals surface area contributed by atoms with Gasteiger partial charge in [-0.05, 0) is 74.3 Å². The molecule has 1 aromatic heterocycles. The molecule has 1 aliphatic rings. The van der Waals surface area contributed by atoms with Crippen molar-refractivity contribution in [1.82, 2.24) is 10.2 Å². The molecule has 1 aromatic rings. The van der Waals surface area contributed by atoms with Crippen LogP contribution < -0.4 is 5.32 Å². The van der Waals surface area contributed by atoms with E-state index in [0.29, 0.717) is 6.04 Å². The highest BCUT2D eigenvalue weighted by Crippen LogP contribution is 2.19. The summed E-state index contributed by atoms with van der Waals surface area (Å²) in [6.07, 6.45) is 2.72. The van der Waals surface area contributed by atoms with Crippen LogP contribution in [0.2, 0.25) is 0 Å². The van der Waals surface area contributed by atoms with Gasteiger partial charge in [0.25, 0.3) is 0 Å². The zero-order valence-electron chi connectivity index (χ0n) is 11.0. The van der Waals surface area contributed by atoms with Gasteiger partial charge in [0.05, 0.1) is 0 Å². The Bertz CT molecular complexity index is 302. The zero-order chi connectivity index (χ0) is 12.1. The van der Waals surface area contributed by atoms with Crippen molar-refractivity contribution in [3.05, 3.63) is 22.4 Å². The van der Waals surface area contributed by atoms with Crippen LogP contribution in [0.3, 0.4) is 0 Å². The van der Waals surface area contributed by atoms with Crippen molar-refractivity contribution in [2.45, 2.75) is 32.7 Å². The Hall–Kier alpha value is -0.380. The molecule has 1 saturated heterocycles. The summed E-state index contributed by atoms with van der Waals surface area (Å²) in [6.45, 7) is 9.49. The molecule has 1 N–H and O–H groups in total. The van der Waals surface area contributed by atoms with Crippen molar-refractivity contribution in [2.75, 3.05) is 26.2 Å². The normalized spacial score (nSPS) is 20.6. The highest BCUT2D eigenvalue weighted by molar-refractivity contribution is 7.07. The van der Waals surface area contributed by atoms with E-state index in [-0.39, 0.29) is 0 Å². The number of likely N-dealkylation sites (tertiary alicyclic amines) is 1. The number of nitrogens with zero attached hydrogens (tertiary/aromatic N) is 1. The van der Waals surface area contributed by atoms with Crippen molar-refractivity contribution < 1.29 is 0 Å². The van der Waals surface area contributed by atoms with E-state index in [1.165, 1.54) is 44.6 Å². The maximum atomic E-state index is 3.68. The van der Waals surface area contributed by atoms with Crippen molar-refractivity contribution in [3.8, 4) is 0 Å². The molecule has 1 unspecified atom stereocenters. The van der Waals surface area contributed by atoms with E-state index >= 15 is 0 Å². The Morgan fingerprint density at radius 3 is 2.82 bits per heavy atom. The fourth-order valence-corrected chi connectivity index (χ4v) is 3.24. The second-order valence-electron chi connectivity index (χ2n) is 5.06. The quantitative estimate of drug-likeness (QED) is 0.866. The number of nitrogens with one attached hydrogen (secondary N) is 1. The van der Waals surface area contributed by atoms with Crippen LogP contribution in [-0.2, 0) is 0 Å². The summed E-state index contributed by atoms with van der Waals surface area (Å²) >= 11 is 1.79. The number of piperidine rings is 1. The first kappa shape index (κ1) is 13.1. The number of hydrogen-bond acceptors (Lipinski definition) is 3. The lowest BCUT2D eigenvalue weighted by Gasteiger charge is -2.31. The molecule has 96 valence electrons. The molecule has 2 rings (SSSR count). The number of hydrogen-bond donors (Lipinski definition) is 1. The van der Waals surface area contributed by atoms with Gasteiger partial charge in [0.1, 0.15) is 0 Å². The Morgan fingerprint density at radius 2 is 2.24 bits per heavy atom. The van der Waals surface area contributed by atoms with Crippen LogP contribution in [0.15, 0.2) is 16.8 Å². The first-order chi connectivity index (χ1) is 8.29. The average molecular weight is 252 g/mol. The van der Waals surface area contributed by atoms with Crippen molar-refractivity contribution in [3.63, 3.8) is 0 Å². The third kappa shape index (κ3) is 3.80. The van der Waals surface area contributed by atoms with E-state index in [4.69, 9.17) is 0 Å². The van der Waals surface area contributed by atoms with Gasteiger partial charge in [-0.1, -0.05) is 6.92 Å². The molecule has 1 atom stereocenters. The average Bonchev–Trinajstić information content (AvgIpc) is 2.90. The third-order valence-electron chi connectivity index (χ3n) is 3.91. The molecular weight excluding hydrogens is 228 g/mol. The third-order valence-corrected chi connectivity index (χ3v) is 4.61. The van der Waals surface area contributed by atoms with E-state index in [1.807, 2.05) is 0 Å². The SMILES string of the molecule is CCN1CCC(CNC(C)c2ccsc2)CC1. The van der Waals surface area contributed by atoms with Gasteiger partial charge in [-0.3, -0.25) is 0 Å². The van der Waals surface area contributed by atoms with Gasteiger partial charge in [-0.15, -0.1) is 0 Å². The van der Waals surface area contributed by atoms with Crippen LogP contribution in [0.4, 0.5) is 0 Å². The maximum absolute atomic E-state index is 3.68. The van der Waals surface area contributed by atoms with Crippen LogP contribution in [0.5, 0.6) is 0 Å². The molecule has 0 saturated carbocycles. The second-order valence-corrected chi connectivity index (χ2v) is 5.84. The van der Waals surface area contributed by atoms with Crippen LogP contribution in [0.25, 0.3) is 0 Å². The molecule has 1 aliphatic heterocycles. The summed E-state index contributed by atoms with van der Waals surface area (Å²) in [5, 5.41) is 8.08. The minimum atomic E-state index is 0.505. The first-order valence-electron chi connectivity index (χ1n) is 6.77. The fraction of sp³-hybridized carbons (Fsp3) is 0.714. The largest absolute Gasteiger partial charge is 0.310 e. The number of thiophene rings is 1. The predicted octanol–water partition coefficient (Wildman–Crippen LogP) is 3.13. The van der Waals surface area contributed by atoms with Gasteiger partial charge >= 0.3 is 0 Å². The maximum Gasteiger partial charge on any atom is 0.0300 e. The van der Waals surface area contributed by atoms with Crippen LogP contribution in [0.1, 0.15) is 38.3 Å². The van der Waals surface area contributed by atoms with Gasteiger partial charge in [-0.2, -0.15) is 11.3 Å². The van der Waals surface area contributed by atoms with Crippen LogP contribution in [-0.4, -0.2) is 31.1 Å². The highest BCUT2D eigenvalue weighted by atomic mass is 32.1. The van der Waals surface area contributed by atoms with Crippen LogP contribution >= 0.6 is 11.3 Å². The van der Waals surface area contributed by atoms with Gasteiger partial charge < -0.3 is 10.2 Å². The molecule has 2 heterocycles. The summed E-state index contributed by atoms with van der Waals surface area (Å²) < 4.78 is 0. The summed E-state index contributed by atoms with van der Waals surface area (Å²) in [5.74, 6) is 0.874. The molecule has 0 aromatic carbocycles. The minimum Gasteiger partial charge on any atom is -0.310 e. The molecule has 0 amide bonds. The van der Waals surface area contributed by atoms with E-state index in [1.54, 1.807) is 11.3 Å². The van der Waals surface area contributed by atoms with Crippen molar-refractivity contribution >= 4 is 11.3 Å². The van der Waals surface area contributed by atoms with E-state index < -0.39 is 0 Å². The van der Waals surface area contributed by atoms with Gasteiger partial charge in [-0.25, -0.2) is 0 Å². The molecule has 2 nitrogen and oxygen atoms in total. The molecule has 17 heavy (non-hydrogen) atoms. The Morgan fingerprint density at radius 1 is 1.47 bits per heavy atom. The second kappa shape index (κ2) is 6.53. The van der Waals surface area contributed by atoms with Gasteiger partial charge in [0.2, 0.25) is 0 Å². The summed E-state index contributed by atoms with van der Waals surface area (Å²) in [6, 6.07) is 2.73. The van der Waals surface area contributed by atoms with E-state index in [9.17, 15) is 0 Å². The minimum absolute atomic E-state index is 0.505. The van der Waals surface area contributed by atoms with Crippen molar-refractivity contribution in [2.24, 2.45) is 5.92 Å². The highest BCUT2D eigenvalue weighted by Gasteiger charge is 2.18. The van der Waals surface area contributed by atoms with Crippen molar-refractivity contribution in [1.29, 1.82) is 0 Å². The van der Waals surface area contributed by atoms with Crippen LogP contribution in [0, 0.1) is 5.92 Å². The topological polar surface area (TPSA) is 15.3 Å². The molecule has 1 fully saturated rings. The summed E-state index contributed by atoms with van der Waals surface area (Å²) in [7, 11) is 0. The Balaban J connectivity index is 1.69. The molecule has 0 spiro atoms. The predicted molar refractivity (Wildman–Crippen MR) is 75.6 cm³/mol. The lowest BCUT2D eigenvalue weighted by Crippen LogP contribution is -2.37. The number of rotatable bonds is 5. The Kier molecular flexibility index (Phi) is 5.01.